The highest BCUT2D eigenvalue weighted by molar-refractivity contribution is 6.30. The van der Waals surface area contributed by atoms with Crippen molar-refractivity contribution in [1.82, 2.24) is 14.9 Å². The van der Waals surface area contributed by atoms with Crippen LogP contribution >= 0.6 is 11.6 Å². The number of aromatic nitrogens is 2. The number of likely N-dealkylation sites (tertiary alicyclic amines) is 1. The fourth-order valence-electron chi connectivity index (χ4n) is 3.88. The quantitative estimate of drug-likeness (QED) is 0.877. The van der Waals surface area contributed by atoms with Crippen molar-refractivity contribution in [3.8, 4) is 11.1 Å². The molecule has 4 rings (SSSR count). The second-order valence-corrected chi connectivity index (χ2v) is 7.64. The first-order chi connectivity index (χ1) is 12.6. The number of halogens is 1. The summed E-state index contributed by atoms with van der Waals surface area (Å²) >= 11 is 6.03. The third-order valence-corrected chi connectivity index (χ3v) is 5.80. The average Bonchev–Trinajstić information content (AvgIpc) is 2.61. The van der Waals surface area contributed by atoms with E-state index in [4.69, 9.17) is 17.3 Å². The van der Waals surface area contributed by atoms with Gasteiger partial charge in [-0.25, -0.2) is 9.97 Å². The topological polar surface area (TPSA) is 72.1 Å². The van der Waals surface area contributed by atoms with E-state index >= 15 is 0 Å². The second kappa shape index (κ2) is 7.23. The molecule has 1 amide bonds. The lowest BCUT2D eigenvalue weighted by molar-refractivity contribution is -0.142. The van der Waals surface area contributed by atoms with Gasteiger partial charge in [-0.2, -0.15) is 0 Å². The van der Waals surface area contributed by atoms with Crippen molar-refractivity contribution in [1.29, 1.82) is 0 Å². The van der Waals surface area contributed by atoms with Crippen LogP contribution in [0.2, 0.25) is 5.02 Å². The number of nitrogens with zero attached hydrogens (tertiary/aromatic N) is 3. The van der Waals surface area contributed by atoms with Gasteiger partial charge in [-0.15, -0.1) is 0 Å². The molecule has 2 fully saturated rings. The molecule has 2 aliphatic rings. The molecule has 5 nitrogen and oxygen atoms in total. The average molecular weight is 371 g/mol. The molecular weight excluding hydrogens is 348 g/mol. The molecule has 0 spiro atoms. The van der Waals surface area contributed by atoms with Crippen molar-refractivity contribution in [2.75, 3.05) is 12.3 Å². The highest BCUT2D eigenvalue weighted by Gasteiger charge is 2.36. The summed E-state index contributed by atoms with van der Waals surface area (Å²) < 4.78 is 0. The van der Waals surface area contributed by atoms with Crippen LogP contribution in [0.4, 0.5) is 5.95 Å². The van der Waals surface area contributed by atoms with Crippen LogP contribution in [0.1, 0.15) is 50.3 Å². The van der Waals surface area contributed by atoms with Crippen molar-refractivity contribution < 1.29 is 4.79 Å². The number of carbonyl (C=O) groups is 1. The van der Waals surface area contributed by atoms with Gasteiger partial charge in [0.1, 0.15) is 0 Å². The van der Waals surface area contributed by atoms with Gasteiger partial charge < -0.3 is 10.6 Å². The van der Waals surface area contributed by atoms with Gasteiger partial charge in [0, 0.05) is 29.2 Å². The molecule has 1 saturated carbocycles. The molecule has 2 aromatic rings. The molecule has 0 unspecified atom stereocenters. The molecule has 2 N–H and O–H groups in total. The van der Waals surface area contributed by atoms with Gasteiger partial charge in [-0.3, -0.25) is 4.79 Å². The molecule has 2 heterocycles. The number of benzene rings is 1. The smallest absolute Gasteiger partial charge is 0.226 e. The number of anilines is 1. The predicted molar refractivity (Wildman–Crippen MR) is 103 cm³/mol. The minimum absolute atomic E-state index is 0.0344. The van der Waals surface area contributed by atoms with E-state index in [0.717, 1.165) is 61.9 Å². The largest absolute Gasteiger partial charge is 0.368 e. The SMILES string of the molecule is Nc1ncc(-c2ccc(Cl)cc2)c([C@@H]2CCCCN2C(=O)C2CCC2)n1. The van der Waals surface area contributed by atoms with E-state index in [9.17, 15) is 4.79 Å². The van der Waals surface area contributed by atoms with Crippen molar-refractivity contribution in [3.63, 3.8) is 0 Å². The number of nitrogen functional groups attached to an aromatic ring is 1. The van der Waals surface area contributed by atoms with E-state index in [1.807, 2.05) is 29.2 Å². The van der Waals surface area contributed by atoms with Crippen LogP contribution in [-0.2, 0) is 4.79 Å². The first kappa shape index (κ1) is 17.3. The fourth-order valence-corrected chi connectivity index (χ4v) is 4.01. The van der Waals surface area contributed by atoms with Crippen LogP contribution in [-0.4, -0.2) is 27.3 Å². The third-order valence-electron chi connectivity index (χ3n) is 5.55. The number of amides is 1. The minimum Gasteiger partial charge on any atom is -0.368 e. The Morgan fingerprint density at radius 3 is 2.58 bits per heavy atom. The molecule has 1 aliphatic carbocycles. The summed E-state index contributed by atoms with van der Waals surface area (Å²) in [6, 6.07) is 7.60. The number of carbonyl (C=O) groups excluding carboxylic acids is 1. The number of rotatable bonds is 3. The summed E-state index contributed by atoms with van der Waals surface area (Å²) in [6.07, 6.45) is 7.99. The van der Waals surface area contributed by atoms with E-state index in [1.165, 1.54) is 0 Å². The van der Waals surface area contributed by atoms with Gasteiger partial charge in [0.05, 0.1) is 11.7 Å². The van der Waals surface area contributed by atoms with Crippen LogP contribution in [0.3, 0.4) is 0 Å². The van der Waals surface area contributed by atoms with E-state index < -0.39 is 0 Å². The Hall–Kier alpha value is -2.14. The summed E-state index contributed by atoms with van der Waals surface area (Å²) in [5.74, 6) is 0.716. The van der Waals surface area contributed by atoms with Gasteiger partial charge in [0.2, 0.25) is 11.9 Å². The van der Waals surface area contributed by atoms with Crippen LogP contribution < -0.4 is 5.73 Å². The van der Waals surface area contributed by atoms with Gasteiger partial charge in [-0.1, -0.05) is 30.2 Å². The Balaban J connectivity index is 1.73. The maximum Gasteiger partial charge on any atom is 0.226 e. The maximum atomic E-state index is 13.0. The van der Waals surface area contributed by atoms with Crippen molar-refractivity contribution >= 4 is 23.5 Å². The molecule has 136 valence electrons. The molecule has 26 heavy (non-hydrogen) atoms. The highest BCUT2D eigenvalue weighted by Crippen LogP contribution is 2.39. The van der Waals surface area contributed by atoms with Gasteiger partial charge in [-0.05, 0) is 49.8 Å². The van der Waals surface area contributed by atoms with E-state index in [-0.39, 0.29) is 23.8 Å². The number of hydrogen-bond acceptors (Lipinski definition) is 4. The fraction of sp³-hybridized carbons (Fsp3) is 0.450. The van der Waals surface area contributed by atoms with Crippen molar-refractivity contribution in [3.05, 3.63) is 41.2 Å². The number of piperidine rings is 1. The van der Waals surface area contributed by atoms with E-state index in [0.29, 0.717) is 5.02 Å². The molecule has 1 atom stereocenters. The van der Waals surface area contributed by atoms with Crippen LogP contribution in [0.5, 0.6) is 0 Å². The Labute approximate surface area is 158 Å². The highest BCUT2D eigenvalue weighted by atomic mass is 35.5. The molecule has 0 radical (unpaired) electrons. The molecule has 1 aromatic heterocycles. The third kappa shape index (κ3) is 3.28. The van der Waals surface area contributed by atoms with E-state index in [2.05, 4.69) is 9.97 Å². The Kier molecular flexibility index (Phi) is 4.81. The van der Waals surface area contributed by atoms with Crippen LogP contribution in [0.25, 0.3) is 11.1 Å². The van der Waals surface area contributed by atoms with Gasteiger partial charge in [0.15, 0.2) is 0 Å². The monoisotopic (exact) mass is 370 g/mol. The first-order valence-electron chi connectivity index (χ1n) is 9.32. The summed E-state index contributed by atoms with van der Waals surface area (Å²) in [4.78, 5) is 23.8. The van der Waals surface area contributed by atoms with Crippen LogP contribution in [0.15, 0.2) is 30.5 Å². The lowest BCUT2D eigenvalue weighted by atomic mass is 9.83. The van der Waals surface area contributed by atoms with Crippen LogP contribution in [0, 0.1) is 5.92 Å². The summed E-state index contributed by atoms with van der Waals surface area (Å²) in [6.45, 7) is 0.796. The zero-order valence-corrected chi connectivity index (χ0v) is 15.5. The lowest BCUT2D eigenvalue weighted by Gasteiger charge is -2.40. The van der Waals surface area contributed by atoms with Gasteiger partial charge >= 0.3 is 0 Å². The zero-order valence-electron chi connectivity index (χ0n) is 14.7. The Morgan fingerprint density at radius 1 is 1.12 bits per heavy atom. The number of nitrogens with two attached hydrogens (primary N) is 1. The first-order valence-corrected chi connectivity index (χ1v) is 9.70. The second-order valence-electron chi connectivity index (χ2n) is 7.21. The lowest BCUT2D eigenvalue weighted by Crippen LogP contribution is -2.44. The Bertz CT molecular complexity index is 804. The molecule has 6 heteroatoms. The summed E-state index contributed by atoms with van der Waals surface area (Å²) in [5, 5.41) is 0.686. The minimum atomic E-state index is -0.0344. The van der Waals surface area contributed by atoms with Gasteiger partial charge in [0.25, 0.3) is 0 Å². The molecule has 0 bridgehead atoms. The maximum absolute atomic E-state index is 13.0. The molecule has 1 aromatic carbocycles. The zero-order chi connectivity index (χ0) is 18.1. The normalized spacial score (nSPS) is 20.7. The van der Waals surface area contributed by atoms with E-state index in [1.54, 1.807) is 6.20 Å². The summed E-state index contributed by atoms with van der Waals surface area (Å²) in [5.41, 5.74) is 8.68. The van der Waals surface area contributed by atoms with Crippen molar-refractivity contribution in [2.45, 2.75) is 44.6 Å². The Morgan fingerprint density at radius 2 is 1.88 bits per heavy atom. The summed E-state index contributed by atoms with van der Waals surface area (Å²) in [7, 11) is 0. The van der Waals surface area contributed by atoms with Crippen molar-refractivity contribution in [2.24, 2.45) is 5.92 Å². The molecular formula is C20H23ClN4O. The predicted octanol–water partition coefficient (Wildman–Crippen LogP) is 4.23. The molecule has 1 saturated heterocycles. The number of hydrogen-bond donors (Lipinski definition) is 1. The molecule has 1 aliphatic heterocycles. The standard InChI is InChI=1S/C20H23ClN4O/c21-15-9-7-13(8-10-15)16-12-23-20(22)24-18(16)17-6-1-2-11-25(17)19(26)14-4-3-5-14/h7-10,12,14,17H,1-6,11H2,(H2,22,23,24)/t17-/m0/s1.